The van der Waals surface area contributed by atoms with Crippen LogP contribution in [0.15, 0.2) is 77.1 Å². The van der Waals surface area contributed by atoms with Crippen molar-refractivity contribution in [3.8, 4) is 17.0 Å². The monoisotopic (exact) mass is 276 g/mol. The molecule has 5 heteroatoms. The molecule has 0 atom stereocenters. The van der Waals surface area contributed by atoms with Gasteiger partial charge >= 0.3 is 0 Å². The summed E-state index contributed by atoms with van der Waals surface area (Å²) in [4.78, 5) is 8.35. The Labute approximate surface area is 121 Å². The van der Waals surface area contributed by atoms with E-state index >= 15 is 0 Å². The minimum atomic E-state index is -0.0191. The van der Waals surface area contributed by atoms with E-state index in [0.717, 1.165) is 11.3 Å². The van der Waals surface area contributed by atoms with E-state index in [0.29, 0.717) is 5.82 Å². The molecule has 3 aromatic rings. The van der Waals surface area contributed by atoms with Crippen LogP contribution in [0, 0.1) is 0 Å². The van der Waals surface area contributed by atoms with Crippen molar-refractivity contribution in [2.75, 3.05) is 0 Å². The summed E-state index contributed by atoms with van der Waals surface area (Å²) in [6.45, 7) is 0. The maximum atomic E-state index is 9.82. The van der Waals surface area contributed by atoms with E-state index in [1.54, 1.807) is 30.5 Å². The molecule has 0 aliphatic rings. The lowest BCUT2D eigenvalue weighted by Crippen LogP contribution is -1.83. The smallest absolute Gasteiger partial charge is 0.217 e. The summed E-state index contributed by atoms with van der Waals surface area (Å²) >= 11 is 0. The zero-order valence-corrected chi connectivity index (χ0v) is 11.1. The van der Waals surface area contributed by atoms with Gasteiger partial charge in [0.1, 0.15) is 0 Å². The molecule has 0 bridgehead atoms. The fraction of sp³-hybridized carbons (Fsp3) is 0. The van der Waals surface area contributed by atoms with Crippen LogP contribution in [-0.4, -0.2) is 15.1 Å². The van der Waals surface area contributed by atoms with Gasteiger partial charge in [0.15, 0.2) is 11.6 Å². The van der Waals surface area contributed by atoms with Crippen LogP contribution >= 0.6 is 0 Å². The molecule has 1 N–H and O–H groups in total. The number of aromatic hydroxyl groups is 1. The van der Waals surface area contributed by atoms with Crippen molar-refractivity contribution in [2.24, 2.45) is 10.2 Å². The van der Waals surface area contributed by atoms with Crippen molar-refractivity contribution in [2.45, 2.75) is 0 Å². The average molecular weight is 276 g/mol. The summed E-state index contributed by atoms with van der Waals surface area (Å²) in [7, 11) is 0. The maximum Gasteiger partial charge on any atom is 0.217 e. The average Bonchev–Trinajstić information content (AvgIpc) is 2.56. The Kier molecular flexibility index (Phi) is 3.64. The van der Waals surface area contributed by atoms with Gasteiger partial charge in [-0.2, -0.15) is 0 Å². The number of pyridine rings is 2. The topological polar surface area (TPSA) is 70.7 Å². The zero-order chi connectivity index (χ0) is 14.5. The molecule has 0 aliphatic heterocycles. The molecule has 0 aliphatic carbocycles. The van der Waals surface area contributed by atoms with Gasteiger partial charge in [-0.05, 0) is 24.3 Å². The van der Waals surface area contributed by atoms with Gasteiger partial charge in [-0.25, -0.2) is 9.97 Å². The summed E-state index contributed by atoms with van der Waals surface area (Å²) in [6, 6.07) is 18.3. The number of hydrogen-bond donors (Lipinski definition) is 1. The standard InChI is InChI=1S/C16H12N4O/c21-14-10-9-13(12-6-2-1-3-7-12)18-16(14)20-19-15-8-4-5-11-17-15/h1-11,21H. The number of hydrogen-bond acceptors (Lipinski definition) is 5. The Morgan fingerprint density at radius 2 is 1.62 bits per heavy atom. The van der Waals surface area contributed by atoms with Gasteiger partial charge in [0, 0.05) is 11.8 Å². The molecule has 0 amide bonds. The molecule has 0 spiro atoms. The third-order valence-electron chi connectivity index (χ3n) is 2.82. The second-order valence-corrected chi connectivity index (χ2v) is 4.29. The van der Waals surface area contributed by atoms with E-state index in [9.17, 15) is 5.11 Å². The lowest BCUT2D eigenvalue weighted by atomic mass is 10.1. The van der Waals surface area contributed by atoms with Crippen LogP contribution in [0.1, 0.15) is 0 Å². The van der Waals surface area contributed by atoms with Gasteiger partial charge in [0.2, 0.25) is 5.82 Å². The molecule has 5 nitrogen and oxygen atoms in total. The number of aromatic nitrogens is 2. The van der Waals surface area contributed by atoms with Crippen LogP contribution in [-0.2, 0) is 0 Å². The third-order valence-corrected chi connectivity index (χ3v) is 2.82. The van der Waals surface area contributed by atoms with Crippen molar-refractivity contribution in [1.29, 1.82) is 0 Å². The second kappa shape index (κ2) is 5.92. The van der Waals surface area contributed by atoms with Crippen LogP contribution < -0.4 is 0 Å². The summed E-state index contributed by atoms with van der Waals surface area (Å²) in [5.74, 6) is 0.611. The first-order valence-electron chi connectivity index (χ1n) is 6.41. The summed E-state index contributed by atoms with van der Waals surface area (Å²) in [6.07, 6.45) is 1.63. The Hall–Kier alpha value is -3.08. The Bertz CT molecular complexity index is 758. The first-order chi connectivity index (χ1) is 10.3. The molecule has 3 rings (SSSR count). The number of nitrogens with zero attached hydrogens (tertiary/aromatic N) is 4. The molecule has 0 radical (unpaired) electrons. The van der Waals surface area contributed by atoms with Crippen LogP contribution in [0.5, 0.6) is 5.75 Å². The van der Waals surface area contributed by atoms with Gasteiger partial charge in [-0.3, -0.25) is 0 Å². The van der Waals surface area contributed by atoms with Gasteiger partial charge in [0.05, 0.1) is 5.69 Å². The Morgan fingerprint density at radius 1 is 0.810 bits per heavy atom. The molecule has 2 heterocycles. The molecule has 21 heavy (non-hydrogen) atoms. The molecular weight excluding hydrogens is 264 g/mol. The SMILES string of the molecule is Oc1ccc(-c2ccccc2)nc1N=Nc1ccccn1. The van der Waals surface area contributed by atoms with Crippen LogP contribution in [0.25, 0.3) is 11.3 Å². The van der Waals surface area contributed by atoms with E-state index in [-0.39, 0.29) is 11.6 Å². The number of rotatable bonds is 3. The zero-order valence-electron chi connectivity index (χ0n) is 11.1. The van der Waals surface area contributed by atoms with Crippen molar-refractivity contribution in [1.82, 2.24) is 9.97 Å². The summed E-state index contributed by atoms with van der Waals surface area (Å²) < 4.78 is 0. The van der Waals surface area contributed by atoms with Crippen molar-refractivity contribution >= 4 is 11.6 Å². The third kappa shape index (κ3) is 3.09. The molecule has 0 saturated carbocycles. The summed E-state index contributed by atoms with van der Waals surface area (Å²) in [5, 5.41) is 17.8. The highest BCUT2D eigenvalue weighted by Gasteiger charge is 2.05. The highest BCUT2D eigenvalue weighted by molar-refractivity contribution is 5.62. The molecule has 0 unspecified atom stereocenters. The second-order valence-electron chi connectivity index (χ2n) is 4.29. The van der Waals surface area contributed by atoms with Gasteiger partial charge < -0.3 is 5.11 Å². The van der Waals surface area contributed by atoms with Crippen molar-refractivity contribution in [3.05, 3.63) is 66.9 Å². The number of azo groups is 1. The minimum absolute atomic E-state index is 0.0191. The van der Waals surface area contributed by atoms with E-state index in [2.05, 4.69) is 20.2 Å². The van der Waals surface area contributed by atoms with E-state index in [1.165, 1.54) is 0 Å². The predicted molar refractivity (Wildman–Crippen MR) is 79.8 cm³/mol. The van der Waals surface area contributed by atoms with Crippen molar-refractivity contribution < 1.29 is 5.11 Å². The lowest BCUT2D eigenvalue weighted by molar-refractivity contribution is 0.474. The molecule has 102 valence electrons. The van der Waals surface area contributed by atoms with Crippen molar-refractivity contribution in [3.63, 3.8) is 0 Å². The molecule has 0 fully saturated rings. The van der Waals surface area contributed by atoms with Gasteiger partial charge in [-0.15, -0.1) is 10.2 Å². The fourth-order valence-electron chi connectivity index (χ4n) is 1.80. The first kappa shape index (κ1) is 12.9. The summed E-state index contributed by atoms with van der Waals surface area (Å²) in [5.41, 5.74) is 1.68. The maximum absolute atomic E-state index is 9.82. The highest BCUT2D eigenvalue weighted by atomic mass is 16.3. The van der Waals surface area contributed by atoms with E-state index < -0.39 is 0 Å². The van der Waals surface area contributed by atoms with Crippen LogP contribution in [0.2, 0.25) is 0 Å². The lowest BCUT2D eigenvalue weighted by Gasteiger charge is -2.02. The van der Waals surface area contributed by atoms with Gasteiger partial charge in [-0.1, -0.05) is 36.4 Å². The Balaban J connectivity index is 1.94. The number of benzene rings is 1. The first-order valence-corrected chi connectivity index (χ1v) is 6.41. The molecule has 0 saturated heterocycles. The Morgan fingerprint density at radius 3 is 2.38 bits per heavy atom. The minimum Gasteiger partial charge on any atom is -0.504 e. The van der Waals surface area contributed by atoms with Gasteiger partial charge in [0.25, 0.3) is 0 Å². The highest BCUT2D eigenvalue weighted by Crippen LogP contribution is 2.29. The largest absolute Gasteiger partial charge is 0.504 e. The van der Waals surface area contributed by atoms with Crippen LogP contribution in [0.3, 0.4) is 0 Å². The van der Waals surface area contributed by atoms with E-state index in [1.807, 2.05) is 36.4 Å². The van der Waals surface area contributed by atoms with Crippen LogP contribution in [0.4, 0.5) is 11.6 Å². The predicted octanol–water partition coefficient (Wildman–Crippen LogP) is 4.26. The quantitative estimate of drug-likeness (QED) is 0.726. The molecule has 2 aromatic heterocycles. The fourth-order valence-corrected chi connectivity index (χ4v) is 1.80. The van der Waals surface area contributed by atoms with E-state index in [4.69, 9.17) is 0 Å². The molecule has 1 aromatic carbocycles. The normalized spacial score (nSPS) is 10.9. The molecular formula is C16H12N4O.